The van der Waals surface area contributed by atoms with Crippen LogP contribution in [0.1, 0.15) is 101 Å². The summed E-state index contributed by atoms with van der Waals surface area (Å²) in [7, 11) is 0. The average molecular weight is 363 g/mol. The summed E-state index contributed by atoms with van der Waals surface area (Å²) in [5, 5.41) is 18.6. The van der Waals surface area contributed by atoms with Crippen molar-refractivity contribution in [1.82, 2.24) is 0 Å². The number of hydrogen-bond donors (Lipinski definition) is 2. The van der Waals surface area contributed by atoms with Crippen molar-refractivity contribution in [2.75, 3.05) is 0 Å². The third kappa shape index (κ3) is 7.19. The lowest BCUT2D eigenvalue weighted by Gasteiger charge is -2.18. The Bertz CT molecular complexity index is 580. The highest BCUT2D eigenvalue weighted by Gasteiger charge is 2.24. The van der Waals surface area contributed by atoms with E-state index in [0.29, 0.717) is 11.1 Å². The minimum Gasteiger partial charge on any atom is -0.481 e. The molecule has 26 heavy (non-hydrogen) atoms. The Balaban J connectivity index is 2.66. The van der Waals surface area contributed by atoms with E-state index in [2.05, 4.69) is 6.92 Å². The molecule has 0 saturated carbocycles. The van der Waals surface area contributed by atoms with Crippen molar-refractivity contribution in [2.24, 2.45) is 0 Å². The first-order valence-corrected chi connectivity index (χ1v) is 9.96. The Hall–Kier alpha value is -1.84. The van der Waals surface area contributed by atoms with Crippen LogP contribution >= 0.6 is 0 Å². The molecular weight excluding hydrogens is 328 g/mol. The van der Waals surface area contributed by atoms with Crippen LogP contribution in [-0.2, 0) is 16.0 Å². The SMILES string of the molecule is CCCCCCCCCCc1ccc(C(C)C(=O)O)c(C(C)C(=O)O)c1. The average Bonchev–Trinajstić information content (AvgIpc) is 2.62. The lowest BCUT2D eigenvalue weighted by atomic mass is 9.87. The summed E-state index contributed by atoms with van der Waals surface area (Å²) in [6, 6.07) is 5.65. The normalized spacial score (nSPS) is 13.3. The predicted molar refractivity (Wildman–Crippen MR) is 105 cm³/mol. The van der Waals surface area contributed by atoms with Crippen LogP contribution in [0.3, 0.4) is 0 Å². The quantitative estimate of drug-likeness (QED) is 0.438. The number of aryl methyl sites for hydroxylation is 1. The number of aliphatic carboxylic acids is 2. The van der Waals surface area contributed by atoms with Gasteiger partial charge in [-0.3, -0.25) is 9.59 Å². The summed E-state index contributed by atoms with van der Waals surface area (Å²) < 4.78 is 0. The summed E-state index contributed by atoms with van der Waals surface area (Å²) in [4.78, 5) is 22.7. The van der Waals surface area contributed by atoms with Gasteiger partial charge in [-0.1, -0.05) is 70.1 Å². The minimum absolute atomic E-state index is 0.604. The molecule has 0 aliphatic carbocycles. The molecule has 1 aromatic rings. The molecule has 0 radical (unpaired) electrons. The molecule has 2 unspecified atom stereocenters. The van der Waals surface area contributed by atoms with Gasteiger partial charge in [0.15, 0.2) is 0 Å². The molecule has 0 heterocycles. The Morgan fingerprint density at radius 1 is 0.808 bits per heavy atom. The first kappa shape index (κ1) is 22.2. The molecule has 4 heteroatoms. The van der Waals surface area contributed by atoms with Crippen LogP contribution in [0, 0.1) is 0 Å². The number of unbranched alkanes of at least 4 members (excludes halogenated alkanes) is 7. The third-order valence-electron chi connectivity index (χ3n) is 5.14. The molecule has 0 bridgehead atoms. The smallest absolute Gasteiger partial charge is 0.310 e. The number of carboxylic acids is 2. The van der Waals surface area contributed by atoms with E-state index in [9.17, 15) is 19.8 Å². The molecule has 0 saturated heterocycles. The second-order valence-corrected chi connectivity index (χ2v) is 7.31. The van der Waals surface area contributed by atoms with Crippen molar-refractivity contribution in [3.63, 3.8) is 0 Å². The van der Waals surface area contributed by atoms with Crippen LogP contribution in [0.25, 0.3) is 0 Å². The van der Waals surface area contributed by atoms with Crippen LogP contribution in [0.15, 0.2) is 18.2 Å². The van der Waals surface area contributed by atoms with E-state index in [0.717, 1.165) is 18.4 Å². The van der Waals surface area contributed by atoms with E-state index in [1.165, 1.54) is 44.9 Å². The highest BCUT2D eigenvalue weighted by atomic mass is 16.4. The number of carboxylic acid groups (broad SMARTS) is 2. The maximum Gasteiger partial charge on any atom is 0.310 e. The molecule has 2 N–H and O–H groups in total. The largest absolute Gasteiger partial charge is 0.481 e. The monoisotopic (exact) mass is 362 g/mol. The molecule has 0 spiro atoms. The van der Waals surface area contributed by atoms with Gasteiger partial charge < -0.3 is 10.2 Å². The van der Waals surface area contributed by atoms with E-state index in [4.69, 9.17) is 0 Å². The molecule has 0 aliphatic rings. The van der Waals surface area contributed by atoms with Crippen molar-refractivity contribution in [3.8, 4) is 0 Å². The minimum atomic E-state index is -0.931. The van der Waals surface area contributed by atoms with Gasteiger partial charge in [-0.15, -0.1) is 0 Å². The molecule has 2 atom stereocenters. The molecule has 1 rings (SSSR count). The summed E-state index contributed by atoms with van der Waals surface area (Å²) in [5.41, 5.74) is 2.33. The molecule has 1 aromatic carbocycles. The van der Waals surface area contributed by atoms with Gasteiger partial charge in [-0.2, -0.15) is 0 Å². The van der Waals surface area contributed by atoms with Gasteiger partial charge in [0.1, 0.15) is 0 Å². The van der Waals surface area contributed by atoms with Gasteiger partial charge in [0.2, 0.25) is 0 Å². The first-order chi connectivity index (χ1) is 12.4. The second-order valence-electron chi connectivity index (χ2n) is 7.31. The van der Waals surface area contributed by atoms with Crippen molar-refractivity contribution in [2.45, 2.75) is 90.4 Å². The van der Waals surface area contributed by atoms with Crippen LogP contribution in [0.5, 0.6) is 0 Å². The van der Waals surface area contributed by atoms with Crippen molar-refractivity contribution in [3.05, 3.63) is 34.9 Å². The summed E-state index contributed by atoms with van der Waals surface area (Å²) in [5.74, 6) is -3.26. The molecule has 146 valence electrons. The number of rotatable bonds is 13. The van der Waals surface area contributed by atoms with Crippen LogP contribution in [-0.4, -0.2) is 22.2 Å². The van der Waals surface area contributed by atoms with Crippen LogP contribution in [0.2, 0.25) is 0 Å². The molecule has 0 aromatic heterocycles. The molecule has 0 aliphatic heterocycles. The van der Waals surface area contributed by atoms with E-state index in [1.807, 2.05) is 12.1 Å². The van der Waals surface area contributed by atoms with Gasteiger partial charge in [0.25, 0.3) is 0 Å². The highest BCUT2D eigenvalue weighted by molar-refractivity contribution is 5.80. The fraction of sp³-hybridized carbons (Fsp3) is 0.636. The van der Waals surface area contributed by atoms with Gasteiger partial charge in [-0.05, 0) is 43.4 Å². The fourth-order valence-electron chi connectivity index (χ4n) is 3.28. The Kier molecular flexibility index (Phi) is 10.0. The van der Waals surface area contributed by atoms with Crippen molar-refractivity contribution < 1.29 is 19.8 Å². The lowest BCUT2D eigenvalue weighted by Crippen LogP contribution is -2.15. The summed E-state index contributed by atoms with van der Waals surface area (Å²) >= 11 is 0. The maximum absolute atomic E-state index is 11.4. The third-order valence-corrected chi connectivity index (χ3v) is 5.14. The van der Waals surface area contributed by atoms with Gasteiger partial charge in [0.05, 0.1) is 11.8 Å². The zero-order valence-electron chi connectivity index (χ0n) is 16.5. The molecule has 4 nitrogen and oxygen atoms in total. The summed E-state index contributed by atoms with van der Waals surface area (Å²) in [6.45, 7) is 5.45. The van der Waals surface area contributed by atoms with E-state index in [-0.39, 0.29) is 0 Å². The molecule has 0 fully saturated rings. The zero-order chi connectivity index (χ0) is 19.5. The number of benzene rings is 1. The Morgan fingerprint density at radius 2 is 1.31 bits per heavy atom. The number of hydrogen-bond acceptors (Lipinski definition) is 2. The van der Waals surface area contributed by atoms with Gasteiger partial charge in [-0.25, -0.2) is 0 Å². The highest BCUT2D eigenvalue weighted by Crippen LogP contribution is 2.29. The Labute approximate surface area is 157 Å². The van der Waals surface area contributed by atoms with E-state index >= 15 is 0 Å². The lowest BCUT2D eigenvalue weighted by molar-refractivity contribution is -0.140. The van der Waals surface area contributed by atoms with E-state index < -0.39 is 23.8 Å². The number of carbonyl (C=O) groups is 2. The fourth-order valence-corrected chi connectivity index (χ4v) is 3.28. The second kappa shape index (κ2) is 11.7. The van der Waals surface area contributed by atoms with Crippen LogP contribution in [0.4, 0.5) is 0 Å². The van der Waals surface area contributed by atoms with E-state index in [1.54, 1.807) is 19.9 Å². The zero-order valence-corrected chi connectivity index (χ0v) is 16.5. The standard InChI is InChI=1S/C22H34O4/c1-4-5-6-7-8-9-10-11-12-18-13-14-19(16(2)21(23)24)20(15-18)17(3)22(25)26/h13-17H,4-12H2,1-3H3,(H,23,24)(H,25,26). The predicted octanol–water partition coefficient (Wildman–Crippen LogP) is 5.75. The Morgan fingerprint density at radius 3 is 1.85 bits per heavy atom. The molecular formula is C22H34O4. The summed E-state index contributed by atoms with van der Waals surface area (Å²) in [6.07, 6.45) is 11.0. The topological polar surface area (TPSA) is 74.6 Å². The van der Waals surface area contributed by atoms with Gasteiger partial charge >= 0.3 is 11.9 Å². The van der Waals surface area contributed by atoms with Crippen LogP contribution < -0.4 is 0 Å². The van der Waals surface area contributed by atoms with Crippen molar-refractivity contribution in [1.29, 1.82) is 0 Å². The van der Waals surface area contributed by atoms with Gasteiger partial charge in [0, 0.05) is 0 Å². The van der Waals surface area contributed by atoms with Crippen molar-refractivity contribution >= 4 is 11.9 Å². The first-order valence-electron chi connectivity index (χ1n) is 9.96. The maximum atomic E-state index is 11.4. The molecule has 0 amide bonds.